The molecule has 21 heavy (non-hydrogen) atoms. The zero-order valence-electron chi connectivity index (χ0n) is 10.5. The fourth-order valence-corrected chi connectivity index (χ4v) is 1.79. The highest BCUT2D eigenvalue weighted by Crippen LogP contribution is 2.28. The van der Waals surface area contributed by atoms with Crippen LogP contribution >= 0.6 is 0 Å². The third kappa shape index (κ3) is 3.11. The van der Waals surface area contributed by atoms with E-state index in [1.54, 1.807) is 6.07 Å². The Labute approximate surface area is 116 Å². The van der Waals surface area contributed by atoms with E-state index in [1.165, 1.54) is 18.2 Å². The maximum Gasteiger partial charge on any atom is 0.417 e. The summed E-state index contributed by atoms with van der Waals surface area (Å²) in [4.78, 5) is 11.6. The minimum Gasteiger partial charge on any atom is -0.310 e. The average Bonchev–Trinajstić information content (AvgIpc) is 2.42. The van der Waals surface area contributed by atoms with Gasteiger partial charge in [0.25, 0.3) is 5.56 Å². The summed E-state index contributed by atoms with van der Waals surface area (Å²) in [6, 6.07) is 7.02. The second-order valence-electron chi connectivity index (χ2n) is 4.27. The Kier molecular flexibility index (Phi) is 3.80. The van der Waals surface area contributed by atoms with Crippen LogP contribution < -0.4 is 5.56 Å². The third-order valence-corrected chi connectivity index (χ3v) is 2.85. The third-order valence-electron chi connectivity index (χ3n) is 2.85. The Hall–Kier alpha value is -2.62. The SMILES string of the molecule is N#Cc1cccc(Cn2cc(C(F)(F)F)ccc2=O)c1F. The van der Waals surface area contributed by atoms with Crippen molar-refractivity contribution in [3.63, 3.8) is 0 Å². The highest BCUT2D eigenvalue weighted by atomic mass is 19.4. The summed E-state index contributed by atoms with van der Waals surface area (Å²) in [5.41, 5.74) is -1.95. The van der Waals surface area contributed by atoms with Gasteiger partial charge in [-0.25, -0.2) is 4.39 Å². The maximum absolute atomic E-state index is 13.9. The normalized spacial score (nSPS) is 11.2. The predicted octanol–water partition coefficient (Wildman–Crippen LogP) is 2.93. The van der Waals surface area contributed by atoms with E-state index in [4.69, 9.17) is 5.26 Å². The topological polar surface area (TPSA) is 45.8 Å². The lowest BCUT2D eigenvalue weighted by Gasteiger charge is -2.11. The summed E-state index contributed by atoms with van der Waals surface area (Å²) in [5.74, 6) is -0.843. The molecule has 0 spiro atoms. The first kappa shape index (κ1) is 14.8. The Morgan fingerprint density at radius 2 is 1.90 bits per heavy atom. The molecule has 0 amide bonds. The van der Waals surface area contributed by atoms with Crippen molar-refractivity contribution in [1.82, 2.24) is 4.57 Å². The second kappa shape index (κ2) is 5.40. The number of halogens is 4. The fourth-order valence-electron chi connectivity index (χ4n) is 1.79. The van der Waals surface area contributed by atoms with Gasteiger partial charge in [-0.3, -0.25) is 4.79 Å². The van der Waals surface area contributed by atoms with Crippen molar-refractivity contribution in [2.45, 2.75) is 12.7 Å². The van der Waals surface area contributed by atoms with E-state index in [9.17, 15) is 22.4 Å². The van der Waals surface area contributed by atoms with Crippen molar-refractivity contribution < 1.29 is 17.6 Å². The number of alkyl halides is 3. The number of nitriles is 1. The molecule has 0 unspecified atom stereocenters. The van der Waals surface area contributed by atoms with Gasteiger partial charge in [0.1, 0.15) is 11.9 Å². The van der Waals surface area contributed by atoms with Crippen LogP contribution in [0.15, 0.2) is 41.3 Å². The first-order valence-corrected chi connectivity index (χ1v) is 5.78. The van der Waals surface area contributed by atoms with Crippen LogP contribution in [0.25, 0.3) is 0 Å². The molecule has 1 aromatic heterocycles. The molecule has 7 heteroatoms. The van der Waals surface area contributed by atoms with Crippen LogP contribution in [0.1, 0.15) is 16.7 Å². The summed E-state index contributed by atoms with van der Waals surface area (Å²) in [6.45, 7) is -0.385. The zero-order valence-corrected chi connectivity index (χ0v) is 10.5. The van der Waals surface area contributed by atoms with Crippen molar-refractivity contribution in [2.75, 3.05) is 0 Å². The lowest BCUT2D eigenvalue weighted by atomic mass is 10.1. The van der Waals surface area contributed by atoms with Gasteiger partial charge >= 0.3 is 6.18 Å². The van der Waals surface area contributed by atoms with Crippen molar-refractivity contribution >= 4 is 0 Å². The van der Waals surface area contributed by atoms with Gasteiger partial charge in [0, 0.05) is 17.8 Å². The molecule has 0 atom stereocenters. The number of hydrogen-bond acceptors (Lipinski definition) is 2. The maximum atomic E-state index is 13.9. The van der Waals surface area contributed by atoms with Gasteiger partial charge < -0.3 is 4.57 Å². The van der Waals surface area contributed by atoms with Gasteiger partial charge in [-0.2, -0.15) is 18.4 Å². The highest BCUT2D eigenvalue weighted by Gasteiger charge is 2.31. The monoisotopic (exact) mass is 296 g/mol. The van der Waals surface area contributed by atoms with Gasteiger partial charge in [-0.1, -0.05) is 12.1 Å². The molecule has 0 radical (unpaired) electrons. The lowest BCUT2D eigenvalue weighted by molar-refractivity contribution is -0.138. The van der Waals surface area contributed by atoms with Crippen molar-refractivity contribution in [2.24, 2.45) is 0 Å². The minimum atomic E-state index is -4.59. The van der Waals surface area contributed by atoms with Gasteiger partial charge in [-0.05, 0) is 12.1 Å². The summed E-state index contributed by atoms with van der Waals surface area (Å²) in [6.07, 6.45) is -3.97. The molecule has 3 nitrogen and oxygen atoms in total. The lowest BCUT2D eigenvalue weighted by Crippen LogP contribution is -2.22. The largest absolute Gasteiger partial charge is 0.417 e. The van der Waals surface area contributed by atoms with E-state index in [-0.39, 0.29) is 17.7 Å². The van der Waals surface area contributed by atoms with Crippen LogP contribution in [-0.2, 0) is 12.7 Å². The fraction of sp³-hybridized carbons (Fsp3) is 0.143. The molecule has 0 aliphatic carbocycles. The Morgan fingerprint density at radius 3 is 2.52 bits per heavy atom. The molecule has 2 aromatic rings. The van der Waals surface area contributed by atoms with Gasteiger partial charge in [0.2, 0.25) is 0 Å². The quantitative estimate of drug-likeness (QED) is 0.800. The van der Waals surface area contributed by atoms with Crippen molar-refractivity contribution in [3.8, 4) is 6.07 Å². The van der Waals surface area contributed by atoms with Crippen LogP contribution in [0.5, 0.6) is 0 Å². The van der Waals surface area contributed by atoms with E-state index in [0.717, 1.165) is 10.6 Å². The molecule has 0 N–H and O–H groups in total. The second-order valence-corrected chi connectivity index (χ2v) is 4.27. The molecular formula is C14H8F4N2O. The van der Waals surface area contributed by atoms with E-state index in [0.29, 0.717) is 12.3 Å². The number of benzene rings is 1. The Morgan fingerprint density at radius 1 is 1.19 bits per heavy atom. The van der Waals surface area contributed by atoms with Crippen LogP contribution in [0.4, 0.5) is 17.6 Å². The molecule has 0 bridgehead atoms. The van der Waals surface area contributed by atoms with Crippen LogP contribution in [-0.4, -0.2) is 4.57 Å². The molecule has 0 aliphatic rings. The molecule has 0 saturated heterocycles. The van der Waals surface area contributed by atoms with Crippen LogP contribution in [0.2, 0.25) is 0 Å². The minimum absolute atomic E-state index is 0.0320. The number of rotatable bonds is 2. The Bertz CT molecular complexity index is 772. The van der Waals surface area contributed by atoms with Gasteiger partial charge in [0.15, 0.2) is 0 Å². The summed E-state index contributed by atoms with van der Waals surface area (Å²) in [7, 11) is 0. The van der Waals surface area contributed by atoms with Crippen molar-refractivity contribution in [1.29, 1.82) is 5.26 Å². The van der Waals surface area contributed by atoms with E-state index >= 15 is 0 Å². The molecule has 2 rings (SSSR count). The van der Waals surface area contributed by atoms with Crippen LogP contribution in [0.3, 0.4) is 0 Å². The van der Waals surface area contributed by atoms with E-state index < -0.39 is 23.1 Å². The first-order valence-electron chi connectivity index (χ1n) is 5.78. The summed E-state index contributed by atoms with van der Waals surface area (Å²) in [5, 5.41) is 8.71. The highest BCUT2D eigenvalue weighted by molar-refractivity contribution is 5.35. The summed E-state index contributed by atoms with van der Waals surface area (Å²) >= 11 is 0. The zero-order chi connectivity index (χ0) is 15.6. The molecule has 1 aromatic carbocycles. The van der Waals surface area contributed by atoms with Gasteiger partial charge in [-0.15, -0.1) is 0 Å². The number of aromatic nitrogens is 1. The van der Waals surface area contributed by atoms with E-state index in [2.05, 4.69) is 0 Å². The Balaban J connectivity index is 2.46. The van der Waals surface area contributed by atoms with Crippen molar-refractivity contribution in [3.05, 3.63) is 69.4 Å². The molecule has 0 aliphatic heterocycles. The molecule has 0 fully saturated rings. The average molecular weight is 296 g/mol. The standard InChI is InChI=1S/C14H8F4N2O/c15-13-9(6-19)2-1-3-10(13)7-20-8-11(14(16,17)18)4-5-12(20)21/h1-5,8H,7H2. The number of hydrogen-bond donors (Lipinski definition) is 0. The molecule has 108 valence electrons. The summed E-state index contributed by atoms with van der Waals surface area (Å²) < 4.78 is 52.4. The molecular weight excluding hydrogens is 288 g/mol. The first-order chi connectivity index (χ1) is 9.82. The number of nitrogens with zero attached hydrogens (tertiary/aromatic N) is 2. The van der Waals surface area contributed by atoms with Gasteiger partial charge in [0.05, 0.1) is 17.7 Å². The molecule has 0 saturated carbocycles. The predicted molar refractivity (Wildman–Crippen MR) is 65.9 cm³/mol. The molecule has 1 heterocycles. The smallest absolute Gasteiger partial charge is 0.310 e. The van der Waals surface area contributed by atoms with E-state index in [1.807, 2.05) is 0 Å². The number of pyridine rings is 1. The van der Waals surface area contributed by atoms with Crippen LogP contribution in [0, 0.1) is 17.1 Å².